The molecular weight excluding hydrogens is 304 g/mol. The first-order valence-electron chi connectivity index (χ1n) is 8.28. The van der Waals surface area contributed by atoms with Gasteiger partial charge in [-0.3, -0.25) is 10.4 Å². The Labute approximate surface area is 144 Å². The number of hydrogen-bond acceptors (Lipinski definition) is 4. The van der Waals surface area contributed by atoms with Gasteiger partial charge in [0.15, 0.2) is 5.82 Å². The first-order valence-corrected chi connectivity index (χ1v) is 8.28. The summed E-state index contributed by atoms with van der Waals surface area (Å²) >= 11 is 0. The van der Waals surface area contributed by atoms with Gasteiger partial charge in [-0.1, -0.05) is 29.4 Å². The first-order chi connectivity index (χ1) is 11.3. The minimum absolute atomic E-state index is 0.0291. The van der Waals surface area contributed by atoms with Crippen molar-refractivity contribution in [2.75, 3.05) is 5.23 Å². The number of aliphatic hydroxyl groups excluding tert-OH is 1. The second-order valence-electron chi connectivity index (χ2n) is 6.46. The molecule has 0 aliphatic rings. The molecule has 0 saturated carbocycles. The highest BCUT2D eigenvalue weighted by Gasteiger charge is 2.10. The monoisotopic (exact) mass is 334 g/mol. The van der Waals surface area contributed by atoms with Gasteiger partial charge in [0.1, 0.15) is 0 Å². The Hall–Kier alpha value is -1.82. The lowest BCUT2D eigenvalue weighted by Crippen LogP contribution is -2.12. The van der Waals surface area contributed by atoms with Crippen molar-refractivity contribution in [2.45, 2.75) is 59.5 Å². The van der Waals surface area contributed by atoms with Crippen LogP contribution in [0.3, 0.4) is 0 Å². The molecule has 134 valence electrons. The van der Waals surface area contributed by atoms with Crippen molar-refractivity contribution in [3.8, 4) is 0 Å². The highest BCUT2D eigenvalue weighted by molar-refractivity contribution is 5.37. The average molecular weight is 334 g/mol. The molecule has 0 aliphatic carbocycles. The molecule has 0 saturated heterocycles. The Morgan fingerprint density at radius 3 is 2.46 bits per heavy atom. The Kier molecular flexibility index (Phi) is 8.54. The zero-order valence-electron chi connectivity index (χ0n) is 15.1. The predicted molar refractivity (Wildman–Crippen MR) is 97.4 cm³/mol. The summed E-state index contributed by atoms with van der Waals surface area (Å²) < 4.78 is 0. The highest BCUT2D eigenvalue weighted by Crippen LogP contribution is 2.16. The Morgan fingerprint density at radius 2 is 1.88 bits per heavy atom. The van der Waals surface area contributed by atoms with Crippen LogP contribution in [-0.4, -0.2) is 26.6 Å². The van der Waals surface area contributed by atoms with Gasteiger partial charge in [0.25, 0.3) is 0 Å². The van der Waals surface area contributed by atoms with Gasteiger partial charge in [-0.15, -0.1) is 5.23 Å². The maximum atomic E-state index is 10.2. The van der Waals surface area contributed by atoms with Gasteiger partial charge in [0.05, 0.1) is 6.10 Å². The summed E-state index contributed by atoms with van der Waals surface area (Å²) in [5, 5.41) is 28.1. The molecule has 0 fully saturated rings. The number of hydrogen-bond donors (Lipinski definition) is 4. The van der Waals surface area contributed by atoms with E-state index in [0.29, 0.717) is 6.42 Å². The number of nitrogens with one attached hydrogen (secondary N) is 1. The van der Waals surface area contributed by atoms with E-state index in [1.165, 1.54) is 11.1 Å². The van der Waals surface area contributed by atoms with E-state index in [1.54, 1.807) is 12.3 Å². The van der Waals surface area contributed by atoms with E-state index < -0.39 is 6.10 Å². The van der Waals surface area contributed by atoms with E-state index in [4.69, 9.17) is 10.4 Å². The van der Waals surface area contributed by atoms with E-state index in [2.05, 4.69) is 37.9 Å². The summed E-state index contributed by atoms with van der Waals surface area (Å²) in [6.45, 7) is 8.27. The molecule has 0 unspecified atom stereocenters. The van der Waals surface area contributed by atoms with Crippen LogP contribution in [0.15, 0.2) is 47.2 Å². The molecular formula is C19H30N2O3. The summed E-state index contributed by atoms with van der Waals surface area (Å²) in [6, 6.07) is 1.59. The molecule has 0 aliphatic heterocycles. The van der Waals surface area contributed by atoms with Gasteiger partial charge in [-0.05, 0) is 64.2 Å². The van der Waals surface area contributed by atoms with Gasteiger partial charge in [-0.2, -0.15) is 0 Å². The minimum atomic E-state index is -0.584. The number of rotatable bonds is 9. The predicted octanol–water partition coefficient (Wildman–Crippen LogP) is 4.53. The topological polar surface area (TPSA) is 79.7 Å². The van der Waals surface area contributed by atoms with Crippen LogP contribution >= 0.6 is 0 Å². The largest absolute Gasteiger partial charge is 0.388 e. The fourth-order valence-corrected chi connectivity index (χ4v) is 2.32. The van der Waals surface area contributed by atoms with Crippen molar-refractivity contribution in [3.63, 3.8) is 0 Å². The van der Waals surface area contributed by atoms with Crippen LogP contribution in [0.5, 0.6) is 0 Å². The van der Waals surface area contributed by atoms with Crippen LogP contribution in [-0.2, 0) is 6.42 Å². The molecule has 1 heterocycles. The highest BCUT2D eigenvalue weighted by atomic mass is 16.8. The van der Waals surface area contributed by atoms with Crippen LogP contribution in [0, 0.1) is 0 Å². The first kappa shape index (κ1) is 20.2. The molecule has 0 aromatic carbocycles. The smallest absolute Gasteiger partial charge is 0.161 e. The van der Waals surface area contributed by atoms with Crippen molar-refractivity contribution < 1.29 is 15.5 Å². The molecule has 0 radical (unpaired) electrons. The number of aliphatic hydroxyl groups is 1. The molecule has 4 N–H and O–H groups in total. The number of H-pyrrole nitrogens is 1. The SMILES string of the molecule is CC(C)=CCCC(C)=CC/C=C(\C)[C@H](O)Cc1c[nH]c(N(O)O)c1. The zero-order valence-corrected chi connectivity index (χ0v) is 15.1. The fraction of sp³-hybridized carbons (Fsp3) is 0.474. The number of nitrogens with zero attached hydrogens (tertiary/aromatic N) is 1. The summed E-state index contributed by atoms with van der Waals surface area (Å²) in [4.78, 5) is 2.72. The molecule has 24 heavy (non-hydrogen) atoms. The van der Waals surface area contributed by atoms with Crippen molar-refractivity contribution in [1.82, 2.24) is 4.98 Å². The van der Waals surface area contributed by atoms with Crippen LogP contribution in [0.25, 0.3) is 0 Å². The molecule has 1 aromatic rings. The van der Waals surface area contributed by atoms with Crippen LogP contribution < -0.4 is 5.23 Å². The van der Waals surface area contributed by atoms with Gasteiger partial charge in [0, 0.05) is 12.6 Å². The molecule has 0 bridgehead atoms. The Morgan fingerprint density at radius 1 is 1.17 bits per heavy atom. The third-order valence-electron chi connectivity index (χ3n) is 3.90. The van der Waals surface area contributed by atoms with Crippen LogP contribution in [0.4, 0.5) is 5.82 Å². The number of allylic oxidation sites excluding steroid dienone is 5. The second kappa shape index (κ2) is 10.1. The Bertz CT molecular complexity index is 594. The fourth-order valence-electron chi connectivity index (χ4n) is 2.32. The lowest BCUT2D eigenvalue weighted by atomic mass is 10.0. The third-order valence-corrected chi connectivity index (χ3v) is 3.90. The Balaban J connectivity index is 2.47. The van der Waals surface area contributed by atoms with Crippen LogP contribution in [0.2, 0.25) is 0 Å². The van der Waals surface area contributed by atoms with Gasteiger partial charge >= 0.3 is 0 Å². The van der Waals surface area contributed by atoms with Gasteiger partial charge in [-0.25, -0.2) is 0 Å². The van der Waals surface area contributed by atoms with E-state index >= 15 is 0 Å². The number of aromatic amines is 1. The van der Waals surface area contributed by atoms with Crippen molar-refractivity contribution in [3.05, 3.63) is 52.8 Å². The molecule has 0 amide bonds. The maximum Gasteiger partial charge on any atom is 0.161 e. The van der Waals surface area contributed by atoms with E-state index in [0.717, 1.165) is 30.4 Å². The number of anilines is 1. The normalized spacial score (nSPS) is 13.8. The average Bonchev–Trinajstić information content (AvgIpc) is 2.95. The summed E-state index contributed by atoms with van der Waals surface area (Å²) in [7, 11) is 0. The molecule has 1 atom stereocenters. The maximum absolute atomic E-state index is 10.2. The molecule has 0 spiro atoms. The van der Waals surface area contributed by atoms with Gasteiger partial charge in [0.2, 0.25) is 0 Å². The van der Waals surface area contributed by atoms with Crippen molar-refractivity contribution >= 4 is 5.82 Å². The number of aromatic nitrogens is 1. The summed E-state index contributed by atoms with van der Waals surface area (Å²) in [5.41, 5.74) is 4.43. The van der Waals surface area contributed by atoms with E-state index in [1.807, 2.05) is 13.0 Å². The summed E-state index contributed by atoms with van der Waals surface area (Å²) in [5.74, 6) is 0.175. The quantitative estimate of drug-likeness (QED) is 0.395. The zero-order chi connectivity index (χ0) is 18.1. The van der Waals surface area contributed by atoms with Crippen molar-refractivity contribution in [1.29, 1.82) is 0 Å². The van der Waals surface area contributed by atoms with E-state index in [9.17, 15) is 5.11 Å². The summed E-state index contributed by atoms with van der Waals surface area (Å²) in [6.07, 6.45) is 10.9. The minimum Gasteiger partial charge on any atom is -0.388 e. The second-order valence-corrected chi connectivity index (χ2v) is 6.46. The lowest BCUT2D eigenvalue weighted by Gasteiger charge is -2.10. The van der Waals surface area contributed by atoms with E-state index in [-0.39, 0.29) is 11.0 Å². The molecule has 1 aromatic heterocycles. The lowest BCUT2D eigenvalue weighted by molar-refractivity contribution is 0.0270. The van der Waals surface area contributed by atoms with Gasteiger partial charge < -0.3 is 10.1 Å². The van der Waals surface area contributed by atoms with Crippen LogP contribution in [0.1, 0.15) is 52.5 Å². The standard InChI is InChI=1S/C19H30N2O3/c1-14(2)7-5-8-15(3)9-6-10-16(4)18(22)11-17-12-19(20-13-17)21(23)24/h7,9-10,12-13,18,20,22-24H,5-6,8,11H2,1-4H3/b15-9?,16-10+/t18-/m1/s1. The third kappa shape index (κ3) is 7.64. The molecule has 5 nitrogen and oxygen atoms in total. The van der Waals surface area contributed by atoms with Crippen molar-refractivity contribution in [2.24, 2.45) is 0 Å². The molecule has 1 rings (SSSR count). The molecule has 5 heteroatoms.